The van der Waals surface area contributed by atoms with E-state index in [-0.39, 0.29) is 10.7 Å². The number of aryl methyl sites for hydroxylation is 1. The van der Waals surface area contributed by atoms with Crippen LogP contribution in [0.1, 0.15) is 11.1 Å². The minimum absolute atomic E-state index is 0.0915. The Hall–Kier alpha value is -3.51. The highest BCUT2D eigenvalue weighted by molar-refractivity contribution is 6.32. The first-order valence-electron chi connectivity index (χ1n) is 8.45. The molecule has 3 aromatic carbocycles. The monoisotopic (exact) mass is 391 g/mol. The summed E-state index contributed by atoms with van der Waals surface area (Å²) in [5.41, 5.74) is 4.49. The van der Waals surface area contributed by atoms with E-state index in [2.05, 4.69) is 9.98 Å². The second kappa shape index (κ2) is 7.25. The van der Waals surface area contributed by atoms with Gasteiger partial charge in [0.05, 0.1) is 10.6 Å². The summed E-state index contributed by atoms with van der Waals surface area (Å²) in [4.78, 5) is 19.3. The van der Waals surface area contributed by atoms with Gasteiger partial charge in [-0.3, -0.25) is 15.1 Å². The summed E-state index contributed by atoms with van der Waals surface area (Å²) in [6.45, 7) is 2.02. The highest BCUT2D eigenvalue weighted by atomic mass is 35.5. The molecule has 0 atom stereocenters. The predicted octanol–water partition coefficient (Wildman–Crippen LogP) is 6.12. The number of nitro groups is 1. The van der Waals surface area contributed by atoms with Gasteiger partial charge in [0.1, 0.15) is 10.5 Å². The molecule has 4 aromatic rings. The van der Waals surface area contributed by atoms with Crippen molar-refractivity contribution in [3.63, 3.8) is 0 Å². The van der Waals surface area contributed by atoms with E-state index in [1.165, 1.54) is 17.7 Å². The van der Waals surface area contributed by atoms with Gasteiger partial charge in [0.2, 0.25) is 5.89 Å². The standard InChI is InChI=1S/C21H14ClN3O3/c1-13-2-5-15(6-3-13)21-24-18-9-7-16(11-20(18)28-21)23-12-14-4-8-17(22)19(10-14)25(26)27/h2-12H,1H3. The van der Waals surface area contributed by atoms with E-state index >= 15 is 0 Å². The van der Waals surface area contributed by atoms with Gasteiger partial charge in [0.15, 0.2) is 5.58 Å². The lowest BCUT2D eigenvalue weighted by Gasteiger charge is -1.97. The van der Waals surface area contributed by atoms with Crippen LogP contribution in [0, 0.1) is 17.0 Å². The minimum Gasteiger partial charge on any atom is -0.436 e. The number of benzene rings is 3. The smallest absolute Gasteiger partial charge is 0.288 e. The summed E-state index contributed by atoms with van der Waals surface area (Å²) < 4.78 is 5.86. The number of aliphatic imine (C=N–C) groups is 1. The second-order valence-corrected chi connectivity index (χ2v) is 6.67. The fraction of sp³-hybridized carbons (Fsp3) is 0.0476. The van der Waals surface area contributed by atoms with E-state index in [0.29, 0.717) is 22.7 Å². The van der Waals surface area contributed by atoms with Gasteiger partial charge in [-0.05, 0) is 42.8 Å². The van der Waals surface area contributed by atoms with Crippen LogP contribution in [0.4, 0.5) is 11.4 Å². The number of oxazole rings is 1. The average molecular weight is 392 g/mol. The molecule has 1 heterocycles. The lowest BCUT2D eigenvalue weighted by Crippen LogP contribution is -1.91. The maximum atomic E-state index is 11.0. The van der Waals surface area contributed by atoms with E-state index in [1.54, 1.807) is 18.3 Å². The van der Waals surface area contributed by atoms with Crippen LogP contribution in [-0.2, 0) is 0 Å². The van der Waals surface area contributed by atoms with Crippen LogP contribution in [0.2, 0.25) is 5.02 Å². The van der Waals surface area contributed by atoms with E-state index in [1.807, 2.05) is 43.3 Å². The summed E-state index contributed by atoms with van der Waals surface area (Å²) in [6, 6.07) is 17.9. The molecule has 1 aromatic heterocycles. The number of rotatable bonds is 4. The van der Waals surface area contributed by atoms with E-state index in [4.69, 9.17) is 16.0 Å². The zero-order chi connectivity index (χ0) is 19.7. The molecule has 0 aliphatic carbocycles. The van der Waals surface area contributed by atoms with E-state index < -0.39 is 4.92 Å². The lowest BCUT2D eigenvalue weighted by molar-refractivity contribution is -0.384. The van der Waals surface area contributed by atoms with Gasteiger partial charge < -0.3 is 4.42 Å². The van der Waals surface area contributed by atoms with Crippen LogP contribution in [-0.4, -0.2) is 16.1 Å². The first-order valence-corrected chi connectivity index (χ1v) is 8.83. The Kier molecular flexibility index (Phi) is 4.63. The Balaban J connectivity index is 1.63. The molecule has 138 valence electrons. The number of hydrogen-bond acceptors (Lipinski definition) is 5. The molecule has 0 amide bonds. The normalized spacial score (nSPS) is 11.4. The van der Waals surface area contributed by atoms with Crippen LogP contribution < -0.4 is 0 Å². The zero-order valence-corrected chi connectivity index (χ0v) is 15.6. The number of aromatic nitrogens is 1. The molecule has 0 saturated carbocycles. The highest BCUT2D eigenvalue weighted by Gasteiger charge is 2.12. The van der Waals surface area contributed by atoms with Gasteiger partial charge in [0, 0.05) is 23.9 Å². The molecule has 28 heavy (non-hydrogen) atoms. The summed E-state index contributed by atoms with van der Waals surface area (Å²) in [6.07, 6.45) is 1.54. The van der Waals surface area contributed by atoms with Crippen LogP contribution in [0.5, 0.6) is 0 Å². The average Bonchev–Trinajstić information content (AvgIpc) is 3.11. The number of hydrogen-bond donors (Lipinski definition) is 0. The van der Waals surface area contributed by atoms with E-state index in [9.17, 15) is 10.1 Å². The van der Waals surface area contributed by atoms with Crippen molar-refractivity contribution in [3.8, 4) is 11.5 Å². The Morgan fingerprint density at radius 2 is 1.89 bits per heavy atom. The lowest BCUT2D eigenvalue weighted by atomic mass is 10.1. The van der Waals surface area contributed by atoms with Gasteiger partial charge in [-0.2, -0.15) is 0 Å². The molecule has 0 bridgehead atoms. The summed E-state index contributed by atoms with van der Waals surface area (Å²) in [5, 5.41) is 11.1. The van der Waals surface area contributed by atoms with Crippen molar-refractivity contribution < 1.29 is 9.34 Å². The van der Waals surface area contributed by atoms with Crippen molar-refractivity contribution in [2.45, 2.75) is 6.92 Å². The molecule has 6 nitrogen and oxygen atoms in total. The molecule has 7 heteroatoms. The zero-order valence-electron chi connectivity index (χ0n) is 14.8. The van der Waals surface area contributed by atoms with Crippen LogP contribution in [0.3, 0.4) is 0 Å². The van der Waals surface area contributed by atoms with Crippen molar-refractivity contribution in [3.05, 3.63) is 86.9 Å². The third-order valence-electron chi connectivity index (χ3n) is 4.20. The Morgan fingerprint density at radius 1 is 1.11 bits per heavy atom. The quantitative estimate of drug-likeness (QED) is 0.238. The predicted molar refractivity (Wildman–Crippen MR) is 110 cm³/mol. The second-order valence-electron chi connectivity index (χ2n) is 6.26. The number of fused-ring (bicyclic) bond motifs is 1. The summed E-state index contributed by atoms with van der Waals surface area (Å²) >= 11 is 5.83. The number of halogens is 1. The molecule has 0 N–H and O–H groups in total. The molecule has 0 spiro atoms. The third-order valence-corrected chi connectivity index (χ3v) is 4.52. The largest absolute Gasteiger partial charge is 0.436 e. The molecule has 0 fully saturated rings. The minimum atomic E-state index is -0.521. The van der Waals surface area contributed by atoms with Crippen LogP contribution in [0.25, 0.3) is 22.6 Å². The maximum Gasteiger partial charge on any atom is 0.288 e. The van der Waals surface area contributed by atoms with Gasteiger partial charge in [-0.25, -0.2) is 4.98 Å². The van der Waals surface area contributed by atoms with Crippen molar-refractivity contribution >= 4 is 40.3 Å². The molecule has 0 aliphatic rings. The summed E-state index contributed by atoms with van der Waals surface area (Å²) in [7, 11) is 0. The van der Waals surface area contributed by atoms with Gasteiger partial charge in [-0.15, -0.1) is 0 Å². The number of nitro benzene ring substituents is 1. The Bertz CT molecular complexity index is 1210. The Morgan fingerprint density at radius 3 is 2.64 bits per heavy atom. The topological polar surface area (TPSA) is 81.5 Å². The Labute approximate surface area is 165 Å². The van der Waals surface area contributed by atoms with Crippen molar-refractivity contribution in [1.29, 1.82) is 0 Å². The van der Waals surface area contributed by atoms with Crippen LogP contribution in [0.15, 0.2) is 70.1 Å². The third kappa shape index (κ3) is 3.63. The van der Waals surface area contributed by atoms with Crippen molar-refractivity contribution in [2.75, 3.05) is 0 Å². The first kappa shape index (κ1) is 17.9. The van der Waals surface area contributed by atoms with Gasteiger partial charge in [-0.1, -0.05) is 35.4 Å². The molecule has 0 radical (unpaired) electrons. The van der Waals surface area contributed by atoms with Crippen molar-refractivity contribution in [1.82, 2.24) is 4.98 Å². The SMILES string of the molecule is Cc1ccc(-c2nc3ccc(N=Cc4ccc(Cl)c([N+](=O)[O-])c4)cc3o2)cc1. The van der Waals surface area contributed by atoms with Gasteiger partial charge in [0.25, 0.3) is 5.69 Å². The maximum absolute atomic E-state index is 11.0. The molecular formula is C21H14ClN3O3. The molecule has 0 aliphatic heterocycles. The fourth-order valence-electron chi connectivity index (χ4n) is 2.71. The fourth-order valence-corrected chi connectivity index (χ4v) is 2.90. The van der Waals surface area contributed by atoms with Crippen molar-refractivity contribution in [2.24, 2.45) is 4.99 Å². The molecular weight excluding hydrogens is 378 g/mol. The van der Waals surface area contributed by atoms with Crippen LogP contribution >= 0.6 is 11.6 Å². The molecule has 4 rings (SSSR count). The highest BCUT2D eigenvalue weighted by Crippen LogP contribution is 2.28. The van der Waals surface area contributed by atoms with E-state index in [0.717, 1.165) is 11.1 Å². The first-order chi connectivity index (χ1) is 13.5. The molecule has 0 saturated heterocycles. The number of nitrogens with zero attached hydrogens (tertiary/aromatic N) is 3. The van der Waals surface area contributed by atoms with Gasteiger partial charge >= 0.3 is 0 Å². The summed E-state index contributed by atoms with van der Waals surface area (Å²) in [5.74, 6) is 0.546. The molecule has 0 unspecified atom stereocenters.